The highest BCUT2D eigenvalue weighted by molar-refractivity contribution is 6.35. The number of aryl methyl sites for hydroxylation is 1. The zero-order valence-electron chi connectivity index (χ0n) is 24.2. The average molecular weight is 553 g/mol. The first-order chi connectivity index (χ1) is 19.8. The molecule has 3 heterocycles. The molecule has 2 amide bonds. The maximum absolute atomic E-state index is 13.1. The molecule has 5 rings (SSSR count). The summed E-state index contributed by atoms with van der Waals surface area (Å²) >= 11 is 0. The second kappa shape index (κ2) is 11.9. The summed E-state index contributed by atoms with van der Waals surface area (Å²) in [5.41, 5.74) is 7.74. The van der Waals surface area contributed by atoms with E-state index >= 15 is 0 Å². The van der Waals surface area contributed by atoms with Gasteiger partial charge in [-0.25, -0.2) is 4.68 Å². The standard InChI is InChI=1S/C32H36N6O3/c1-6-37(7-2)17-16-33-32(40)30-20(3)28(35-21(30)4)19-26-25-18-22(8-13-27(25)36-31(26)39)29-14-15-34-38(29)23-9-11-24(41-5)12-10-23/h8-15,18-19,35H,6-7,16-17H2,1-5H3,(H,33,40)(H,36,39)/b26-19-. The molecule has 9 heteroatoms. The number of ether oxygens (including phenoxy) is 1. The molecule has 41 heavy (non-hydrogen) atoms. The van der Waals surface area contributed by atoms with Gasteiger partial charge in [0.1, 0.15) is 5.75 Å². The van der Waals surface area contributed by atoms with Gasteiger partial charge in [0.05, 0.1) is 35.8 Å². The van der Waals surface area contributed by atoms with E-state index in [1.165, 1.54) is 0 Å². The van der Waals surface area contributed by atoms with Crippen molar-refractivity contribution < 1.29 is 14.3 Å². The van der Waals surface area contributed by atoms with Crippen molar-refractivity contribution >= 4 is 29.2 Å². The van der Waals surface area contributed by atoms with Gasteiger partial charge in [0.25, 0.3) is 11.8 Å². The molecule has 4 aromatic rings. The Morgan fingerprint density at radius 1 is 1.10 bits per heavy atom. The maximum atomic E-state index is 13.1. The minimum absolute atomic E-state index is 0.113. The molecule has 0 bridgehead atoms. The van der Waals surface area contributed by atoms with E-state index in [2.05, 4.69) is 39.5 Å². The minimum atomic E-state index is -0.183. The zero-order valence-corrected chi connectivity index (χ0v) is 24.2. The number of methoxy groups -OCH3 is 1. The first kappa shape index (κ1) is 27.9. The number of hydrogen-bond donors (Lipinski definition) is 3. The van der Waals surface area contributed by atoms with Crippen molar-refractivity contribution in [3.8, 4) is 22.7 Å². The first-order valence-corrected chi connectivity index (χ1v) is 13.9. The van der Waals surface area contributed by atoms with Crippen LogP contribution in [-0.2, 0) is 4.79 Å². The van der Waals surface area contributed by atoms with Crippen molar-refractivity contribution in [1.82, 2.24) is 25.0 Å². The molecule has 0 radical (unpaired) electrons. The van der Waals surface area contributed by atoms with Crippen molar-refractivity contribution in [2.45, 2.75) is 27.7 Å². The van der Waals surface area contributed by atoms with Gasteiger partial charge < -0.3 is 25.3 Å². The number of benzene rings is 2. The predicted octanol–water partition coefficient (Wildman–Crippen LogP) is 5.06. The largest absolute Gasteiger partial charge is 0.497 e. The number of amides is 2. The molecule has 0 atom stereocenters. The summed E-state index contributed by atoms with van der Waals surface area (Å²) in [6, 6.07) is 15.5. The van der Waals surface area contributed by atoms with E-state index in [1.54, 1.807) is 13.3 Å². The molecular weight excluding hydrogens is 516 g/mol. The number of aromatic amines is 1. The topological polar surface area (TPSA) is 104 Å². The second-order valence-corrected chi connectivity index (χ2v) is 10.0. The quantitative estimate of drug-likeness (QED) is 0.239. The number of fused-ring (bicyclic) bond motifs is 1. The van der Waals surface area contributed by atoms with Crippen LogP contribution in [0.15, 0.2) is 54.7 Å². The summed E-state index contributed by atoms with van der Waals surface area (Å²) < 4.78 is 7.15. The Bertz CT molecular complexity index is 1610. The van der Waals surface area contributed by atoms with Crippen LogP contribution in [0.25, 0.3) is 28.6 Å². The highest BCUT2D eigenvalue weighted by atomic mass is 16.5. The van der Waals surface area contributed by atoms with Crippen LogP contribution in [0, 0.1) is 13.8 Å². The first-order valence-electron chi connectivity index (χ1n) is 13.9. The van der Waals surface area contributed by atoms with Crippen molar-refractivity contribution in [3.05, 3.63) is 82.8 Å². The van der Waals surface area contributed by atoms with Gasteiger partial charge in [-0.05, 0) is 81.0 Å². The fraction of sp³-hybridized carbons (Fsp3) is 0.281. The Balaban J connectivity index is 1.44. The minimum Gasteiger partial charge on any atom is -0.497 e. The van der Waals surface area contributed by atoms with Crippen LogP contribution in [0.3, 0.4) is 0 Å². The van der Waals surface area contributed by atoms with E-state index in [1.807, 2.05) is 73.1 Å². The Morgan fingerprint density at radius 2 is 1.85 bits per heavy atom. The molecule has 0 spiro atoms. The van der Waals surface area contributed by atoms with E-state index < -0.39 is 0 Å². The average Bonchev–Trinajstić information content (AvgIpc) is 3.66. The van der Waals surface area contributed by atoms with Crippen molar-refractivity contribution in [1.29, 1.82) is 0 Å². The summed E-state index contributed by atoms with van der Waals surface area (Å²) in [6.07, 6.45) is 3.59. The third-order valence-electron chi connectivity index (χ3n) is 7.66. The molecule has 1 aliphatic rings. The zero-order chi connectivity index (χ0) is 29.1. The van der Waals surface area contributed by atoms with E-state index in [0.717, 1.165) is 70.5 Å². The lowest BCUT2D eigenvalue weighted by atomic mass is 10.0. The van der Waals surface area contributed by atoms with Gasteiger partial charge >= 0.3 is 0 Å². The molecule has 3 N–H and O–H groups in total. The molecule has 1 aliphatic heterocycles. The van der Waals surface area contributed by atoms with Crippen molar-refractivity contribution in [2.24, 2.45) is 0 Å². The van der Waals surface area contributed by atoms with Gasteiger partial charge in [-0.15, -0.1) is 0 Å². The highest BCUT2D eigenvalue weighted by Crippen LogP contribution is 2.37. The predicted molar refractivity (Wildman–Crippen MR) is 162 cm³/mol. The van der Waals surface area contributed by atoms with Gasteiger partial charge in [-0.3, -0.25) is 9.59 Å². The van der Waals surface area contributed by atoms with Gasteiger partial charge in [0, 0.05) is 41.3 Å². The number of likely N-dealkylation sites (N-methyl/N-ethyl adjacent to an activating group) is 1. The number of anilines is 1. The molecule has 9 nitrogen and oxygen atoms in total. The van der Waals surface area contributed by atoms with Crippen LogP contribution in [0.1, 0.15) is 46.7 Å². The third kappa shape index (κ3) is 5.53. The Kier molecular flexibility index (Phi) is 8.07. The summed E-state index contributed by atoms with van der Waals surface area (Å²) in [5, 5.41) is 10.5. The highest BCUT2D eigenvalue weighted by Gasteiger charge is 2.26. The summed E-state index contributed by atoms with van der Waals surface area (Å²) in [5.74, 6) is 0.477. The molecule has 0 aliphatic carbocycles. The molecule has 212 valence electrons. The third-order valence-corrected chi connectivity index (χ3v) is 7.66. The Morgan fingerprint density at radius 3 is 2.56 bits per heavy atom. The molecular formula is C32H36N6O3. The fourth-order valence-electron chi connectivity index (χ4n) is 5.30. The monoisotopic (exact) mass is 552 g/mol. The van der Waals surface area contributed by atoms with Gasteiger partial charge in [-0.1, -0.05) is 19.9 Å². The van der Waals surface area contributed by atoms with Crippen LogP contribution < -0.4 is 15.4 Å². The number of carbonyl (C=O) groups is 2. The molecule has 0 saturated heterocycles. The molecule has 0 fully saturated rings. The van der Waals surface area contributed by atoms with Gasteiger partial charge in [-0.2, -0.15) is 5.10 Å². The number of hydrogen-bond acceptors (Lipinski definition) is 5. The van der Waals surface area contributed by atoms with E-state index in [9.17, 15) is 9.59 Å². The number of carbonyl (C=O) groups excluding carboxylic acids is 2. The lowest BCUT2D eigenvalue weighted by Gasteiger charge is -2.18. The summed E-state index contributed by atoms with van der Waals surface area (Å²) in [4.78, 5) is 31.7. The Labute approximate surface area is 240 Å². The second-order valence-electron chi connectivity index (χ2n) is 10.0. The van der Waals surface area contributed by atoms with Crippen LogP contribution in [-0.4, -0.2) is 64.8 Å². The van der Waals surface area contributed by atoms with E-state index in [4.69, 9.17) is 4.74 Å². The summed E-state index contributed by atoms with van der Waals surface area (Å²) in [7, 11) is 1.64. The Hall–Kier alpha value is -4.63. The normalized spacial score (nSPS) is 13.5. The number of nitrogens with zero attached hydrogens (tertiary/aromatic N) is 3. The molecule has 2 aromatic heterocycles. The van der Waals surface area contributed by atoms with Crippen molar-refractivity contribution in [3.63, 3.8) is 0 Å². The molecule has 2 aromatic carbocycles. The van der Waals surface area contributed by atoms with Crippen LogP contribution in [0.4, 0.5) is 5.69 Å². The van der Waals surface area contributed by atoms with Gasteiger partial charge in [0.2, 0.25) is 0 Å². The fourth-order valence-corrected chi connectivity index (χ4v) is 5.30. The smallest absolute Gasteiger partial charge is 0.256 e. The van der Waals surface area contributed by atoms with E-state index in [-0.39, 0.29) is 11.8 Å². The van der Waals surface area contributed by atoms with Crippen LogP contribution in [0.5, 0.6) is 5.75 Å². The van der Waals surface area contributed by atoms with Crippen LogP contribution in [0.2, 0.25) is 0 Å². The number of H-pyrrole nitrogens is 1. The molecule has 0 saturated carbocycles. The van der Waals surface area contributed by atoms with Crippen molar-refractivity contribution in [2.75, 3.05) is 38.6 Å². The lowest BCUT2D eigenvalue weighted by molar-refractivity contribution is -0.110. The summed E-state index contributed by atoms with van der Waals surface area (Å²) in [6.45, 7) is 11.3. The molecule has 0 unspecified atom stereocenters. The lowest BCUT2D eigenvalue weighted by Crippen LogP contribution is -2.35. The van der Waals surface area contributed by atoms with E-state index in [0.29, 0.717) is 17.7 Å². The number of aromatic nitrogens is 3. The van der Waals surface area contributed by atoms with Gasteiger partial charge in [0.15, 0.2) is 0 Å². The number of rotatable bonds is 10. The SMILES string of the molecule is CCN(CC)CCNC(=O)c1c(C)[nH]c(/C=C2\C(=O)Nc3ccc(-c4ccnn4-c4ccc(OC)cc4)cc32)c1C. The number of nitrogens with one attached hydrogen (secondary N) is 3. The van der Waals surface area contributed by atoms with Crippen LogP contribution >= 0.6 is 0 Å². The maximum Gasteiger partial charge on any atom is 0.256 e.